The van der Waals surface area contributed by atoms with Crippen molar-refractivity contribution in [2.45, 2.75) is 44.0 Å². The van der Waals surface area contributed by atoms with E-state index >= 15 is 0 Å². The van der Waals surface area contributed by atoms with Gasteiger partial charge in [-0.15, -0.1) is 0 Å². The molecule has 1 saturated heterocycles. The highest BCUT2D eigenvalue weighted by atomic mass is 16.5. The molecule has 2 aliphatic rings. The molecule has 2 fully saturated rings. The maximum Gasteiger partial charge on any atom is 0.244 e. The zero-order valence-electron chi connectivity index (χ0n) is 21.0. The molecule has 11 heteroatoms. The molecular weight excluding hydrogens is 472 g/mol. The van der Waals surface area contributed by atoms with Crippen molar-refractivity contribution in [2.24, 2.45) is 5.73 Å². The van der Waals surface area contributed by atoms with Gasteiger partial charge in [0.1, 0.15) is 12.1 Å². The Morgan fingerprint density at radius 1 is 1.19 bits per heavy atom. The third-order valence-corrected chi connectivity index (χ3v) is 6.96. The number of amides is 1. The van der Waals surface area contributed by atoms with Crippen LogP contribution in [0.15, 0.2) is 48.8 Å². The van der Waals surface area contributed by atoms with E-state index in [2.05, 4.69) is 21.8 Å². The van der Waals surface area contributed by atoms with Crippen LogP contribution in [0.3, 0.4) is 0 Å². The van der Waals surface area contributed by atoms with Gasteiger partial charge in [0.05, 0.1) is 24.9 Å². The third kappa shape index (κ3) is 5.47. The van der Waals surface area contributed by atoms with E-state index in [-0.39, 0.29) is 30.0 Å². The maximum atomic E-state index is 12.9. The van der Waals surface area contributed by atoms with Crippen molar-refractivity contribution in [3.63, 3.8) is 0 Å². The van der Waals surface area contributed by atoms with Crippen LogP contribution in [0.5, 0.6) is 5.88 Å². The quantitative estimate of drug-likeness (QED) is 0.488. The van der Waals surface area contributed by atoms with Crippen molar-refractivity contribution in [3.05, 3.63) is 54.4 Å². The van der Waals surface area contributed by atoms with Crippen LogP contribution >= 0.6 is 0 Å². The third-order valence-electron chi connectivity index (χ3n) is 6.96. The van der Waals surface area contributed by atoms with Gasteiger partial charge in [-0.2, -0.15) is 4.98 Å². The number of nitrogen functional groups attached to an aromatic ring is 1. The van der Waals surface area contributed by atoms with Gasteiger partial charge < -0.3 is 30.7 Å². The molecule has 1 aliphatic heterocycles. The number of ether oxygens (including phenoxy) is 2. The van der Waals surface area contributed by atoms with Gasteiger partial charge in [-0.25, -0.2) is 15.0 Å². The minimum atomic E-state index is -0.684. The fraction of sp³-hybridized carbons (Fsp3) is 0.423. The average Bonchev–Trinajstić information content (AvgIpc) is 2.90. The van der Waals surface area contributed by atoms with Crippen molar-refractivity contribution in [1.82, 2.24) is 24.8 Å². The molecule has 1 amide bonds. The first-order valence-corrected chi connectivity index (χ1v) is 12.4. The van der Waals surface area contributed by atoms with Gasteiger partial charge in [-0.3, -0.25) is 4.79 Å². The Labute approximate surface area is 215 Å². The predicted octanol–water partition coefficient (Wildman–Crippen LogP) is 1.81. The molecule has 5 rings (SSSR count). The molecule has 2 aromatic heterocycles. The molecule has 1 aromatic carbocycles. The fourth-order valence-electron chi connectivity index (χ4n) is 4.57. The van der Waals surface area contributed by atoms with E-state index in [0.29, 0.717) is 50.1 Å². The number of nitrogens with zero attached hydrogens (tertiary/aromatic N) is 6. The first kappa shape index (κ1) is 24.8. The lowest BCUT2D eigenvalue weighted by atomic mass is 9.87. The topological polar surface area (TPSA) is 146 Å². The highest BCUT2D eigenvalue weighted by Crippen LogP contribution is 2.32. The molecule has 1 aliphatic carbocycles. The van der Waals surface area contributed by atoms with E-state index in [4.69, 9.17) is 30.9 Å². The standard InChI is InChI=1S/C26H32N8O3/c1-16-15-36-9-8-34(16)26-31-21(18-13-29-25(28)30-14-18)12-22(32-26)37-20-10-19(11-20)33(2)24(35)23(27)17-6-4-3-5-7-17/h3-7,12-14,16,19-20,23H,8-11,15,27H2,1-2H3,(H2,28,29,30)/t16-,19-,20-,23-/m0/s1. The van der Waals surface area contributed by atoms with Gasteiger partial charge in [0.2, 0.25) is 23.7 Å². The Morgan fingerprint density at radius 2 is 1.92 bits per heavy atom. The maximum absolute atomic E-state index is 12.9. The summed E-state index contributed by atoms with van der Waals surface area (Å²) in [6.07, 6.45) is 4.58. The number of aromatic nitrogens is 4. The Morgan fingerprint density at radius 3 is 2.62 bits per heavy atom. The molecule has 0 unspecified atom stereocenters. The smallest absolute Gasteiger partial charge is 0.244 e. The van der Waals surface area contributed by atoms with Crippen LogP contribution in [0.2, 0.25) is 0 Å². The number of likely N-dealkylation sites (N-methyl/N-ethyl adjacent to an activating group) is 1. The number of benzene rings is 1. The summed E-state index contributed by atoms with van der Waals surface area (Å²) >= 11 is 0. The molecule has 0 radical (unpaired) electrons. The zero-order valence-corrected chi connectivity index (χ0v) is 21.0. The molecule has 3 heterocycles. The highest BCUT2D eigenvalue weighted by Gasteiger charge is 2.37. The Hall–Kier alpha value is -3.83. The Balaban J connectivity index is 1.29. The van der Waals surface area contributed by atoms with Gasteiger partial charge in [0.15, 0.2) is 0 Å². The number of hydrogen-bond donors (Lipinski definition) is 2. The molecule has 11 nitrogen and oxygen atoms in total. The van der Waals surface area contributed by atoms with E-state index in [9.17, 15) is 4.79 Å². The summed E-state index contributed by atoms with van der Waals surface area (Å²) in [7, 11) is 1.80. The highest BCUT2D eigenvalue weighted by molar-refractivity contribution is 5.83. The second kappa shape index (κ2) is 10.7. The minimum absolute atomic E-state index is 0.0535. The lowest BCUT2D eigenvalue weighted by molar-refractivity contribution is -0.137. The van der Waals surface area contributed by atoms with E-state index < -0.39 is 6.04 Å². The van der Waals surface area contributed by atoms with Crippen LogP contribution in [-0.2, 0) is 9.53 Å². The Kier molecular flexibility index (Phi) is 7.15. The summed E-state index contributed by atoms with van der Waals surface area (Å²) < 4.78 is 11.8. The lowest BCUT2D eigenvalue weighted by Gasteiger charge is -2.41. The number of morpholine rings is 1. The van der Waals surface area contributed by atoms with Gasteiger partial charge in [0.25, 0.3) is 0 Å². The molecule has 0 bridgehead atoms. The number of hydrogen-bond acceptors (Lipinski definition) is 10. The second-order valence-corrected chi connectivity index (χ2v) is 9.54. The average molecular weight is 505 g/mol. The number of carbonyl (C=O) groups is 1. The van der Waals surface area contributed by atoms with E-state index in [1.165, 1.54) is 0 Å². The molecule has 194 valence electrons. The summed E-state index contributed by atoms with van der Waals surface area (Å²) in [6.45, 7) is 3.97. The monoisotopic (exact) mass is 504 g/mol. The zero-order chi connectivity index (χ0) is 25.9. The van der Waals surface area contributed by atoms with Crippen LogP contribution in [-0.4, -0.2) is 75.7 Å². The second-order valence-electron chi connectivity index (χ2n) is 9.54. The number of anilines is 2. The molecule has 1 saturated carbocycles. The fourth-order valence-corrected chi connectivity index (χ4v) is 4.57. The van der Waals surface area contributed by atoms with Crippen molar-refractivity contribution < 1.29 is 14.3 Å². The summed E-state index contributed by atoms with van der Waals surface area (Å²) in [4.78, 5) is 34.4. The van der Waals surface area contributed by atoms with E-state index in [0.717, 1.165) is 11.1 Å². The largest absolute Gasteiger partial charge is 0.474 e. The van der Waals surface area contributed by atoms with Crippen LogP contribution in [0.1, 0.15) is 31.4 Å². The number of rotatable bonds is 7. The molecule has 2 atom stereocenters. The van der Waals surface area contributed by atoms with Crippen molar-refractivity contribution >= 4 is 17.8 Å². The molecule has 0 spiro atoms. The summed E-state index contributed by atoms with van der Waals surface area (Å²) in [6, 6.07) is 10.7. The summed E-state index contributed by atoms with van der Waals surface area (Å²) in [5.74, 6) is 1.12. The van der Waals surface area contributed by atoms with Crippen LogP contribution in [0.25, 0.3) is 11.3 Å². The van der Waals surface area contributed by atoms with Crippen molar-refractivity contribution in [1.29, 1.82) is 0 Å². The predicted molar refractivity (Wildman–Crippen MR) is 139 cm³/mol. The van der Waals surface area contributed by atoms with Crippen molar-refractivity contribution in [2.75, 3.05) is 37.4 Å². The van der Waals surface area contributed by atoms with Gasteiger partial charge >= 0.3 is 0 Å². The van der Waals surface area contributed by atoms with Gasteiger partial charge in [-0.05, 0) is 12.5 Å². The van der Waals surface area contributed by atoms with Crippen LogP contribution in [0, 0.1) is 0 Å². The normalized spacial score (nSPS) is 22.1. The minimum Gasteiger partial charge on any atom is -0.474 e. The van der Waals surface area contributed by atoms with Crippen molar-refractivity contribution in [3.8, 4) is 17.1 Å². The number of nitrogens with two attached hydrogens (primary N) is 2. The van der Waals surface area contributed by atoms with E-state index in [1.807, 2.05) is 30.3 Å². The SMILES string of the molecule is C[C@H]1COCCN1c1nc(O[C@H]2C[C@H](N(C)C(=O)[C@@H](N)c3ccccc3)C2)cc(-c2cnc(N)nc2)n1. The molecule has 37 heavy (non-hydrogen) atoms. The molecule has 4 N–H and O–H groups in total. The molecule has 3 aromatic rings. The summed E-state index contributed by atoms with van der Waals surface area (Å²) in [5.41, 5.74) is 14.1. The van der Waals surface area contributed by atoms with Gasteiger partial charge in [-0.1, -0.05) is 30.3 Å². The van der Waals surface area contributed by atoms with Crippen LogP contribution in [0.4, 0.5) is 11.9 Å². The summed E-state index contributed by atoms with van der Waals surface area (Å²) in [5, 5.41) is 0. The first-order valence-electron chi connectivity index (χ1n) is 12.4. The lowest BCUT2D eigenvalue weighted by Crippen LogP contribution is -2.52. The first-order chi connectivity index (χ1) is 17.9. The van der Waals surface area contributed by atoms with E-state index in [1.54, 1.807) is 30.4 Å². The Bertz CT molecular complexity index is 1220. The number of carbonyl (C=O) groups excluding carboxylic acids is 1. The van der Waals surface area contributed by atoms with Gasteiger partial charge in [0, 0.05) is 56.5 Å². The van der Waals surface area contributed by atoms with Crippen LogP contribution < -0.4 is 21.1 Å². The molecular formula is C26H32N8O3.